The highest BCUT2D eigenvalue weighted by atomic mass is 32.2. The van der Waals surface area contributed by atoms with Crippen LogP contribution in [0.1, 0.15) is 46.0 Å². The second-order valence-corrected chi connectivity index (χ2v) is 6.05. The number of carboxylic acid groups (broad SMARTS) is 1. The highest BCUT2D eigenvalue weighted by Crippen LogP contribution is 2.18. The van der Waals surface area contributed by atoms with Crippen molar-refractivity contribution in [3.05, 3.63) is 0 Å². The third-order valence-corrected chi connectivity index (χ3v) is 4.08. The molecule has 0 amide bonds. The van der Waals surface area contributed by atoms with E-state index in [0.717, 1.165) is 19.3 Å². The first-order chi connectivity index (χ1) is 9.25. The Morgan fingerprint density at radius 3 is 2.15 bits per heavy atom. The first-order valence-corrected chi connectivity index (χ1v) is 8.11. The van der Waals surface area contributed by atoms with Gasteiger partial charge in [0, 0.05) is 0 Å². The SMILES string of the molecule is CCCCCCOC(=O)C(C(CC)C(=O)O)S(=O)(=O)O. The monoisotopic (exact) mass is 310 g/mol. The highest BCUT2D eigenvalue weighted by Gasteiger charge is 2.43. The van der Waals surface area contributed by atoms with Gasteiger partial charge in [-0.2, -0.15) is 8.42 Å². The molecule has 0 aromatic carbocycles. The van der Waals surface area contributed by atoms with Gasteiger partial charge < -0.3 is 9.84 Å². The quantitative estimate of drug-likeness (QED) is 0.356. The van der Waals surface area contributed by atoms with Crippen LogP contribution in [-0.4, -0.2) is 41.9 Å². The maximum Gasteiger partial charge on any atom is 0.327 e. The summed E-state index contributed by atoms with van der Waals surface area (Å²) in [6.07, 6.45) is 3.26. The minimum atomic E-state index is -4.82. The molecule has 0 aliphatic rings. The van der Waals surface area contributed by atoms with Crippen molar-refractivity contribution in [1.29, 1.82) is 0 Å². The Hall–Kier alpha value is -1.15. The summed E-state index contributed by atoms with van der Waals surface area (Å²) < 4.78 is 36.2. The minimum absolute atomic E-state index is 0.0148. The van der Waals surface area contributed by atoms with Gasteiger partial charge in [0.1, 0.15) is 0 Å². The lowest BCUT2D eigenvalue weighted by Gasteiger charge is -2.18. The van der Waals surface area contributed by atoms with Crippen LogP contribution in [0.3, 0.4) is 0 Å². The molecule has 2 unspecified atom stereocenters. The van der Waals surface area contributed by atoms with Gasteiger partial charge in [-0.25, -0.2) is 0 Å². The van der Waals surface area contributed by atoms with Crippen molar-refractivity contribution in [2.75, 3.05) is 6.61 Å². The molecule has 0 aliphatic carbocycles. The number of rotatable bonds is 10. The predicted molar refractivity (Wildman–Crippen MR) is 71.9 cm³/mol. The first-order valence-electron chi connectivity index (χ1n) is 6.61. The molecule has 118 valence electrons. The van der Waals surface area contributed by atoms with Crippen LogP contribution in [0.4, 0.5) is 0 Å². The van der Waals surface area contributed by atoms with E-state index in [1.165, 1.54) is 6.92 Å². The first kappa shape index (κ1) is 18.9. The van der Waals surface area contributed by atoms with E-state index in [4.69, 9.17) is 14.4 Å². The zero-order valence-corrected chi connectivity index (χ0v) is 12.6. The van der Waals surface area contributed by atoms with E-state index >= 15 is 0 Å². The topological polar surface area (TPSA) is 118 Å². The van der Waals surface area contributed by atoms with Crippen LogP contribution in [0.5, 0.6) is 0 Å². The van der Waals surface area contributed by atoms with Crippen molar-refractivity contribution in [2.45, 2.75) is 51.2 Å². The predicted octanol–water partition coefficient (Wildman–Crippen LogP) is 1.48. The van der Waals surface area contributed by atoms with Gasteiger partial charge in [-0.3, -0.25) is 14.1 Å². The van der Waals surface area contributed by atoms with E-state index in [2.05, 4.69) is 0 Å². The number of carbonyl (C=O) groups excluding carboxylic acids is 1. The summed E-state index contributed by atoms with van der Waals surface area (Å²) >= 11 is 0. The normalized spacial score (nSPS) is 14.6. The minimum Gasteiger partial charge on any atom is -0.481 e. The smallest absolute Gasteiger partial charge is 0.327 e. The Morgan fingerprint density at radius 2 is 1.75 bits per heavy atom. The number of carbonyl (C=O) groups is 2. The maximum atomic E-state index is 11.7. The Kier molecular flexibility index (Phi) is 8.40. The number of ether oxygens (including phenoxy) is 1. The molecule has 0 fully saturated rings. The summed E-state index contributed by atoms with van der Waals surface area (Å²) in [6, 6.07) is 0. The van der Waals surface area contributed by atoms with E-state index in [1.807, 2.05) is 6.92 Å². The summed E-state index contributed by atoms with van der Waals surface area (Å²) in [5, 5.41) is 6.84. The van der Waals surface area contributed by atoms with Gasteiger partial charge in [-0.1, -0.05) is 33.1 Å². The van der Waals surface area contributed by atoms with Crippen LogP contribution in [0.2, 0.25) is 0 Å². The van der Waals surface area contributed by atoms with Crippen molar-refractivity contribution in [1.82, 2.24) is 0 Å². The molecular formula is C12H22O7S. The lowest BCUT2D eigenvalue weighted by molar-refractivity contribution is -0.151. The molecule has 0 heterocycles. The van der Waals surface area contributed by atoms with Gasteiger partial charge in [-0.15, -0.1) is 0 Å². The van der Waals surface area contributed by atoms with Crippen molar-refractivity contribution < 1.29 is 32.4 Å². The van der Waals surface area contributed by atoms with Crippen molar-refractivity contribution >= 4 is 22.1 Å². The average Bonchev–Trinajstić information content (AvgIpc) is 2.33. The number of aliphatic carboxylic acids is 1. The summed E-state index contributed by atoms with van der Waals surface area (Å²) in [6.45, 7) is 3.45. The van der Waals surface area contributed by atoms with Crippen LogP contribution >= 0.6 is 0 Å². The molecule has 0 aromatic heterocycles. The van der Waals surface area contributed by atoms with Crippen LogP contribution in [0.15, 0.2) is 0 Å². The van der Waals surface area contributed by atoms with Crippen LogP contribution in [-0.2, 0) is 24.4 Å². The van der Waals surface area contributed by atoms with E-state index in [1.54, 1.807) is 0 Å². The van der Waals surface area contributed by atoms with Crippen LogP contribution in [0.25, 0.3) is 0 Å². The molecule has 0 aliphatic heterocycles. The van der Waals surface area contributed by atoms with Gasteiger partial charge in [0.25, 0.3) is 10.1 Å². The fraction of sp³-hybridized carbons (Fsp3) is 0.833. The molecule has 0 spiro atoms. The van der Waals surface area contributed by atoms with Gasteiger partial charge in [0.2, 0.25) is 0 Å². The van der Waals surface area contributed by atoms with Gasteiger partial charge >= 0.3 is 11.9 Å². The molecule has 0 radical (unpaired) electrons. The summed E-state index contributed by atoms with van der Waals surface area (Å²) in [5.74, 6) is -4.19. The molecule has 7 nitrogen and oxygen atoms in total. The molecule has 0 saturated heterocycles. The summed E-state index contributed by atoms with van der Waals surface area (Å²) in [4.78, 5) is 22.7. The number of hydrogen-bond acceptors (Lipinski definition) is 5. The van der Waals surface area contributed by atoms with Crippen molar-refractivity contribution in [3.8, 4) is 0 Å². The standard InChI is InChI=1S/C12H22O7S/c1-3-5-6-7-8-19-12(15)10(20(16,17)18)9(4-2)11(13)14/h9-10H,3-8H2,1-2H3,(H,13,14)(H,16,17,18). The average molecular weight is 310 g/mol. The molecule has 0 saturated carbocycles. The van der Waals surface area contributed by atoms with Gasteiger partial charge in [-0.05, 0) is 12.8 Å². The molecular weight excluding hydrogens is 288 g/mol. The number of hydrogen-bond donors (Lipinski definition) is 2. The van der Waals surface area contributed by atoms with Crippen molar-refractivity contribution in [3.63, 3.8) is 0 Å². The third kappa shape index (κ3) is 6.33. The number of esters is 1. The van der Waals surface area contributed by atoms with Crippen LogP contribution < -0.4 is 0 Å². The maximum absolute atomic E-state index is 11.7. The number of unbranched alkanes of at least 4 members (excludes halogenated alkanes) is 3. The molecule has 2 N–H and O–H groups in total. The molecule has 2 atom stereocenters. The summed E-state index contributed by atoms with van der Waals surface area (Å²) in [7, 11) is -4.82. The largest absolute Gasteiger partial charge is 0.481 e. The number of carboxylic acids is 1. The molecule has 0 bridgehead atoms. The van der Waals surface area contributed by atoms with Crippen LogP contribution in [0, 0.1) is 5.92 Å². The second kappa shape index (κ2) is 8.91. The van der Waals surface area contributed by atoms with Gasteiger partial charge in [0.05, 0.1) is 12.5 Å². The fourth-order valence-electron chi connectivity index (χ4n) is 1.80. The lowest BCUT2D eigenvalue weighted by Crippen LogP contribution is -2.42. The molecule has 0 aromatic rings. The molecule has 8 heteroatoms. The second-order valence-electron chi connectivity index (χ2n) is 4.52. The zero-order valence-electron chi connectivity index (χ0n) is 11.7. The highest BCUT2D eigenvalue weighted by molar-refractivity contribution is 7.87. The van der Waals surface area contributed by atoms with E-state index in [-0.39, 0.29) is 13.0 Å². The fourth-order valence-corrected chi connectivity index (χ4v) is 2.83. The Labute approximate surface area is 119 Å². The van der Waals surface area contributed by atoms with Crippen molar-refractivity contribution in [2.24, 2.45) is 5.92 Å². The lowest BCUT2D eigenvalue weighted by atomic mass is 10.0. The molecule has 0 rings (SSSR count). The van der Waals surface area contributed by atoms with Gasteiger partial charge in [0.15, 0.2) is 5.25 Å². The van der Waals surface area contributed by atoms with E-state index < -0.39 is 33.2 Å². The zero-order chi connectivity index (χ0) is 15.8. The van der Waals surface area contributed by atoms with E-state index in [0.29, 0.717) is 6.42 Å². The Balaban J connectivity index is 4.72. The Morgan fingerprint density at radius 1 is 1.15 bits per heavy atom. The Bertz CT molecular complexity index is 416. The molecule has 20 heavy (non-hydrogen) atoms. The third-order valence-electron chi connectivity index (χ3n) is 2.92. The van der Waals surface area contributed by atoms with E-state index in [9.17, 15) is 18.0 Å². The summed E-state index contributed by atoms with van der Waals surface area (Å²) in [5.41, 5.74) is 0.